The van der Waals surface area contributed by atoms with E-state index in [1.807, 2.05) is 6.92 Å². The number of hydrogen-bond acceptors (Lipinski definition) is 5. The van der Waals surface area contributed by atoms with E-state index in [1.54, 1.807) is 24.3 Å². The summed E-state index contributed by atoms with van der Waals surface area (Å²) < 4.78 is 59.9. The molecule has 0 fully saturated rings. The Bertz CT molecular complexity index is 1190. The predicted molar refractivity (Wildman–Crippen MR) is 124 cm³/mol. The number of nitrogens with one attached hydrogen (secondary N) is 1. The van der Waals surface area contributed by atoms with Gasteiger partial charge in [0.1, 0.15) is 23.1 Å². The van der Waals surface area contributed by atoms with Crippen molar-refractivity contribution >= 4 is 26.0 Å². The molecule has 0 radical (unpaired) electrons. The Labute approximate surface area is 195 Å². The van der Waals surface area contributed by atoms with Crippen molar-refractivity contribution in [3.8, 4) is 17.2 Å². The number of benzene rings is 3. The van der Waals surface area contributed by atoms with Gasteiger partial charge in [-0.2, -0.15) is 4.72 Å². The first kappa shape index (κ1) is 24.0. The van der Waals surface area contributed by atoms with E-state index in [2.05, 4.69) is 20.7 Å². The van der Waals surface area contributed by atoms with Crippen LogP contribution >= 0.6 is 15.9 Å². The Morgan fingerprint density at radius 2 is 1.50 bits per heavy atom. The molecule has 0 spiro atoms. The molecule has 0 saturated carbocycles. The van der Waals surface area contributed by atoms with Crippen LogP contribution in [0, 0.1) is 12.7 Å². The molecule has 3 rings (SSSR count). The largest absolute Gasteiger partial charge is 0.496 e. The molecule has 1 unspecified atom stereocenters. The van der Waals surface area contributed by atoms with Gasteiger partial charge in [0.15, 0.2) is 0 Å². The van der Waals surface area contributed by atoms with Crippen LogP contribution in [0.2, 0.25) is 0 Å². The van der Waals surface area contributed by atoms with Crippen LogP contribution < -0.4 is 18.9 Å². The predicted octanol–water partition coefficient (Wildman–Crippen LogP) is 4.99. The third kappa shape index (κ3) is 5.06. The standard InChI is InChI=1S/C23H23BrFNO5S/c1-14-5-8-17(9-6-14)32(27,28)26-23(18-10-7-15(25)11-19(18)24)22-20(30-3)12-16(29-2)13-21(22)31-4/h5-13,23,26H,1-4H3. The molecule has 0 saturated heterocycles. The highest BCUT2D eigenvalue weighted by Crippen LogP contribution is 2.43. The Morgan fingerprint density at radius 1 is 0.906 bits per heavy atom. The molecule has 0 aliphatic carbocycles. The summed E-state index contributed by atoms with van der Waals surface area (Å²) in [6.07, 6.45) is 0. The fourth-order valence-corrected chi connectivity index (χ4v) is 5.04. The highest BCUT2D eigenvalue weighted by Gasteiger charge is 2.30. The van der Waals surface area contributed by atoms with Crippen LogP contribution in [0.5, 0.6) is 17.2 Å². The first-order chi connectivity index (χ1) is 15.2. The van der Waals surface area contributed by atoms with Crippen molar-refractivity contribution in [2.24, 2.45) is 0 Å². The minimum atomic E-state index is -3.97. The van der Waals surface area contributed by atoms with Crippen LogP contribution in [0.15, 0.2) is 64.0 Å². The number of hydrogen-bond donors (Lipinski definition) is 1. The van der Waals surface area contributed by atoms with Crippen molar-refractivity contribution in [3.05, 3.63) is 81.6 Å². The van der Waals surface area contributed by atoms with E-state index in [4.69, 9.17) is 14.2 Å². The molecule has 170 valence electrons. The lowest BCUT2D eigenvalue weighted by Crippen LogP contribution is -2.30. The molecule has 0 bridgehead atoms. The quantitative estimate of drug-likeness (QED) is 0.450. The van der Waals surface area contributed by atoms with Crippen molar-refractivity contribution in [1.29, 1.82) is 0 Å². The van der Waals surface area contributed by atoms with E-state index in [0.717, 1.165) is 5.56 Å². The lowest BCUT2D eigenvalue weighted by Gasteiger charge is -2.25. The van der Waals surface area contributed by atoms with Crippen LogP contribution in [0.4, 0.5) is 4.39 Å². The first-order valence-electron chi connectivity index (χ1n) is 9.54. The van der Waals surface area contributed by atoms with E-state index in [0.29, 0.717) is 32.8 Å². The average Bonchev–Trinajstić information content (AvgIpc) is 2.77. The summed E-state index contributed by atoms with van der Waals surface area (Å²) >= 11 is 3.36. The lowest BCUT2D eigenvalue weighted by molar-refractivity contribution is 0.365. The maximum absolute atomic E-state index is 13.8. The van der Waals surface area contributed by atoms with Gasteiger partial charge in [-0.15, -0.1) is 0 Å². The molecule has 3 aromatic carbocycles. The van der Waals surface area contributed by atoms with Gasteiger partial charge in [-0.05, 0) is 36.8 Å². The number of sulfonamides is 1. The molecule has 0 heterocycles. The number of halogens is 2. The lowest BCUT2D eigenvalue weighted by atomic mass is 9.97. The zero-order valence-electron chi connectivity index (χ0n) is 18.0. The number of aryl methyl sites for hydroxylation is 1. The zero-order chi connectivity index (χ0) is 23.5. The van der Waals surface area contributed by atoms with Gasteiger partial charge in [-0.3, -0.25) is 0 Å². The third-order valence-corrected chi connectivity index (χ3v) is 7.05. The van der Waals surface area contributed by atoms with E-state index in [1.165, 1.54) is 51.7 Å². The Balaban J connectivity index is 2.24. The summed E-state index contributed by atoms with van der Waals surface area (Å²) in [6.45, 7) is 1.87. The number of rotatable bonds is 8. The van der Waals surface area contributed by atoms with Gasteiger partial charge in [0.05, 0.1) is 37.8 Å². The second-order valence-corrected chi connectivity index (χ2v) is 9.55. The average molecular weight is 524 g/mol. The molecule has 1 atom stereocenters. The minimum Gasteiger partial charge on any atom is -0.496 e. The molecule has 32 heavy (non-hydrogen) atoms. The Hall–Kier alpha value is -2.62. The minimum absolute atomic E-state index is 0.0952. The van der Waals surface area contributed by atoms with Crippen LogP contribution in [-0.4, -0.2) is 29.7 Å². The number of ether oxygens (including phenoxy) is 3. The maximum Gasteiger partial charge on any atom is 0.241 e. The van der Waals surface area contributed by atoms with Gasteiger partial charge >= 0.3 is 0 Å². The van der Waals surface area contributed by atoms with Crippen molar-refractivity contribution in [1.82, 2.24) is 4.72 Å². The van der Waals surface area contributed by atoms with Gasteiger partial charge in [0, 0.05) is 16.6 Å². The van der Waals surface area contributed by atoms with Crippen molar-refractivity contribution in [3.63, 3.8) is 0 Å². The topological polar surface area (TPSA) is 73.9 Å². The third-order valence-electron chi connectivity index (χ3n) is 4.92. The van der Waals surface area contributed by atoms with Crippen LogP contribution in [0.25, 0.3) is 0 Å². The van der Waals surface area contributed by atoms with Crippen LogP contribution in [0.1, 0.15) is 22.7 Å². The van der Waals surface area contributed by atoms with Gasteiger partial charge in [-0.1, -0.05) is 39.7 Å². The molecule has 0 amide bonds. The van der Waals surface area contributed by atoms with Crippen molar-refractivity contribution in [2.75, 3.05) is 21.3 Å². The molecular formula is C23H23BrFNO5S. The fraction of sp³-hybridized carbons (Fsp3) is 0.217. The smallest absolute Gasteiger partial charge is 0.241 e. The molecule has 0 aliphatic heterocycles. The van der Waals surface area contributed by atoms with E-state index in [9.17, 15) is 12.8 Å². The van der Waals surface area contributed by atoms with Gasteiger partial charge in [0.25, 0.3) is 0 Å². The van der Waals surface area contributed by atoms with E-state index >= 15 is 0 Å². The molecule has 1 N–H and O–H groups in total. The highest BCUT2D eigenvalue weighted by atomic mass is 79.9. The van der Waals surface area contributed by atoms with Gasteiger partial charge in [-0.25, -0.2) is 12.8 Å². The van der Waals surface area contributed by atoms with E-state index < -0.39 is 21.9 Å². The Kier molecular flexibility index (Phi) is 7.43. The maximum atomic E-state index is 13.8. The highest BCUT2D eigenvalue weighted by molar-refractivity contribution is 9.10. The summed E-state index contributed by atoms with van der Waals surface area (Å²) in [6, 6.07) is 12.8. The summed E-state index contributed by atoms with van der Waals surface area (Å²) in [7, 11) is 0.453. The molecule has 0 aromatic heterocycles. The molecule has 9 heteroatoms. The summed E-state index contributed by atoms with van der Waals surface area (Å²) in [4.78, 5) is 0.0952. The second-order valence-electron chi connectivity index (χ2n) is 6.98. The first-order valence-corrected chi connectivity index (χ1v) is 11.8. The molecule has 6 nitrogen and oxygen atoms in total. The fourth-order valence-electron chi connectivity index (χ4n) is 3.27. The zero-order valence-corrected chi connectivity index (χ0v) is 20.4. The summed E-state index contributed by atoms with van der Waals surface area (Å²) in [5, 5.41) is 0. The van der Waals surface area contributed by atoms with Gasteiger partial charge in [0.2, 0.25) is 10.0 Å². The SMILES string of the molecule is COc1cc(OC)c(C(NS(=O)(=O)c2ccc(C)cc2)c2ccc(F)cc2Br)c(OC)c1. The van der Waals surface area contributed by atoms with Crippen LogP contribution in [-0.2, 0) is 10.0 Å². The monoisotopic (exact) mass is 523 g/mol. The summed E-state index contributed by atoms with van der Waals surface area (Å²) in [5.74, 6) is 0.693. The number of methoxy groups -OCH3 is 3. The molecule has 0 aliphatic rings. The molecular weight excluding hydrogens is 501 g/mol. The van der Waals surface area contributed by atoms with Gasteiger partial charge < -0.3 is 14.2 Å². The second kappa shape index (κ2) is 9.89. The van der Waals surface area contributed by atoms with E-state index in [-0.39, 0.29) is 4.90 Å². The normalized spacial score (nSPS) is 12.3. The Morgan fingerprint density at radius 3 is 2.00 bits per heavy atom. The van der Waals surface area contributed by atoms with Crippen molar-refractivity contribution < 1.29 is 27.0 Å². The van der Waals surface area contributed by atoms with Crippen molar-refractivity contribution in [2.45, 2.75) is 17.9 Å². The summed E-state index contributed by atoms with van der Waals surface area (Å²) in [5.41, 5.74) is 1.82. The molecule has 3 aromatic rings. The van der Waals surface area contributed by atoms with Crippen LogP contribution in [0.3, 0.4) is 0 Å².